The van der Waals surface area contributed by atoms with Crippen LogP contribution in [0.2, 0.25) is 5.02 Å². The van der Waals surface area contributed by atoms with E-state index in [1.54, 1.807) is 35.2 Å². The fraction of sp³-hybridized carbons (Fsp3) is 0.238. The number of Topliss-reactive ketones (excluding diaryl/α,β-unsaturated/α-hetero) is 1. The van der Waals surface area contributed by atoms with Crippen molar-refractivity contribution >= 4 is 29.0 Å². The summed E-state index contributed by atoms with van der Waals surface area (Å²) in [6.45, 7) is 0. The van der Waals surface area contributed by atoms with Crippen molar-refractivity contribution in [3.63, 3.8) is 0 Å². The minimum Gasteiger partial charge on any atom is -0.294 e. The van der Waals surface area contributed by atoms with Crippen LogP contribution in [-0.2, 0) is 9.59 Å². The van der Waals surface area contributed by atoms with Crippen LogP contribution in [0.25, 0.3) is 0 Å². The number of benzene rings is 2. The van der Waals surface area contributed by atoms with E-state index in [9.17, 15) is 14.0 Å². The number of amides is 1. The van der Waals surface area contributed by atoms with Crippen molar-refractivity contribution in [1.29, 1.82) is 0 Å². The van der Waals surface area contributed by atoms with Gasteiger partial charge in [-0.3, -0.25) is 14.5 Å². The van der Waals surface area contributed by atoms with Gasteiger partial charge in [0.05, 0.1) is 10.7 Å². The third-order valence-electron chi connectivity index (χ3n) is 5.02. The molecule has 0 saturated heterocycles. The van der Waals surface area contributed by atoms with E-state index in [0.717, 1.165) is 0 Å². The second-order valence-electron chi connectivity index (χ2n) is 6.63. The highest BCUT2D eigenvalue weighted by molar-refractivity contribution is 6.34. The van der Waals surface area contributed by atoms with Gasteiger partial charge in [-0.05, 0) is 42.7 Å². The van der Waals surface area contributed by atoms with E-state index in [0.29, 0.717) is 46.8 Å². The largest absolute Gasteiger partial charge is 0.294 e. The van der Waals surface area contributed by atoms with Crippen molar-refractivity contribution in [1.82, 2.24) is 0 Å². The number of anilines is 1. The monoisotopic (exact) mass is 369 g/mol. The molecule has 2 aliphatic rings. The lowest BCUT2D eigenvalue weighted by Gasteiger charge is -2.38. The number of hydrogen-bond donors (Lipinski definition) is 0. The van der Waals surface area contributed by atoms with Crippen molar-refractivity contribution in [2.24, 2.45) is 0 Å². The van der Waals surface area contributed by atoms with Gasteiger partial charge in [-0.2, -0.15) is 0 Å². The Kier molecular flexibility index (Phi) is 4.37. The number of halogens is 2. The molecule has 1 aliphatic carbocycles. The molecule has 2 aromatic rings. The molecule has 3 nitrogen and oxygen atoms in total. The van der Waals surface area contributed by atoms with Crippen LogP contribution in [0.15, 0.2) is 59.8 Å². The van der Waals surface area contributed by atoms with Crippen LogP contribution in [-0.4, -0.2) is 11.7 Å². The summed E-state index contributed by atoms with van der Waals surface area (Å²) in [5, 5.41) is 0.468. The van der Waals surface area contributed by atoms with Crippen LogP contribution in [0.4, 0.5) is 10.1 Å². The van der Waals surface area contributed by atoms with E-state index in [1.807, 2.05) is 6.07 Å². The molecule has 0 bridgehead atoms. The zero-order valence-electron chi connectivity index (χ0n) is 14.0. The predicted molar refractivity (Wildman–Crippen MR) is 98.6 cm³/mol. The molecule has 1 aliphatic heterocycles. The van der Waals surface area contributed by atoms with Gasteiger partial charge < -0.3 is 0 Å². The van der Waals surface area contributed by atoms with Crippen LogP contribution in [0.1, 0.15) is 37.2 Å². The standard InChI is InChI=1S/C21H17ClFNO2/c22-16-7-1-2-8-17(16)24-18-9-4-10-19(25)21(18)15(12-20(24)26)13-5-3-6-14(23)11-13/h1-3,5-8,11,15H,4,9-10,12H2. The van der Waals surface area contributed by atoms with Crippen molar-refractivity contribution in [3.8, 4) is 0 Å². The third-order valence-corrected chi connectivity index (χ3v) is 5.34. The van der Waals surface area contributed by atoms with Crippen LogP contribution < -0.4 is 4.90 Å². The number of hydrogen-bond acceptors (Lipinski definition) is 2. The van der Waals surface area contributed by atoms with Crippen LogP contribution in [0.5, 0.6) is 0 Å². The molecule has 0 saturated carbocycles. The Hall–Kier alpha value is -2.46. The summed E-state index contributed by atoms with van der Waals surface area (Å²) in [7, 11) is 0. The van der Waals surface area contributed by atoms with E-state index in [1.165, 1.54) is 12.1 Å². The van der Waals surface area contributed by atoms with Crippen LogP contribution in [0.3, 0.4) is 0 Å². The molecule has 1 atom stereocenters. The van der Waals surface area contributed by atoms with Gasteiger partial charge >= 0.3 is 0 Å². The molecule has 0 aromatic heterocycles. The highest BCUT2D eigenvalue weighted by Crippen LogP contribution is 2.44. The number of carbonyl (C=O) groups is 2. The van der Waals surface area contributed by atoms with Gasteiger partial charge in [0.25, 0.3) is 0 Å². The quantitative estimate of drug-likeness (QED) is 0.746. The normalized spacial score (nSPS) is 20.4. The lowest BCUT2D eigenvalue weighted by Crippen LogP contribution is -2.40. The van der Waals surface area contributed by atoms with E-state index in [-0.39, 0.29) is 23.9 Å². The molecule has 4 rings (SSSR count). The van der Waals surface area contributed by atoms with E-state index >= 15 is 0 Å². The van der Waals surface area contributed by atoms with Gasteiger partial charge in [0.1, 0.15) is 5.82 Å². The number of nitrogens with zero attached hydrogens (tertiary/aromatic N) is 1. The minimum absolute atomic E-state index is 0.0325. The molecule has 26 heavy (non-hydrogen) atoms. The average molecular weight is 370 g/mol. The molecule has 1 unspecified atom stereocenters. The number of allylic oxidation sites excluding steroid dienone is 2. The second-order valence-corrected chi connectivity index (χ2v) is 7.04. The van der Waals surface area contributed by atoms with Crippen LogP contribution in [0, 0.1) is 5.82 Å². The number of rotatable bonds is 2. The fourth-order valence-electron chi connectivity index (χ4n) is 3.91. The lowest BCUT2D eigenvalue weighted by molar-refractivity contribution is -0.119. The van der Waals surface area contributed by atoms with Gasteiger partial charge in [0, 0.05) is 30.0 Å². The van der Waals surface area contributed by atoms with E-state index in [4.69, 9.17) is 11.6 Å². The average Bonchev–Trinajstić information content (AvgIpc) is 2.62. The summed E-state index contributed by atoms with van der Waals surface area (Å²) in [6, 6.07) is 13.3. The second kappa shape index (κ2) is 6.69. The minimum atomic E-state index is -0.403. The first kappa shape index (κ1) is 17.0. The van der Waals surface area contributed by atoms with E-state index in [2.05, 4.69) is 0 Å². The molecule has 2 aromatic carbocycles. The van der Waals surface area contributed by atoms with Gasteiger partial charge in [-0.1, -0.05) is 35.9 Å². The Morgan fingerprint density at radius 2 is 1.85 bits per heavy atom. The van der Waals surface area contributed by atoms with Gasteiger partial charge in [0.15, 0.2) is 5.78 Å². The van der Waals surface area contributed by atoms with Crippen LogP contribution >= 0.6 is 11.6 Å². The Labute approximate surface area is 156 Å². The molecule has 0 radical (unpaired) electrons. The summed E-state index contributed by atoms with van der Waals surface area (Å²) in [5.74, 6) is -0.862. The van der Waals surface area contributed by atoms with Gasteiger partial charge in [-0.25, -0.2) is 4.39 Å². The topological polar surface area (TPSA) is 37.4 Å². The summed E-state index contributed by atoms with van der Waals surface area (Å²) in [6.07, 6.45) is 1.90. The first-order chi connectivity index (χ1) is 12.6. The van der Waals surface area contributed by atoms with Gasteiger partial charge in [-0.15, -0.1) is 0 Å². The number of para-hydroxylation sites is 1. The maximum atomic E-state index is 13.7. The maximum Gasteiger partial charge on any atom is 0.232 e. The Balaban J connectivity index is 1.89. The lowest BCUT2D eigenvalue weighted by atomic mass is 9.77. The van der Waals surface area contributed by atoms with Crippen molar-refractivity contribution in [3.05, 3.63) is 76.2 Å². The fourth-order valence-corrected chi connectivity index (χ4v) is 4.13. The third kappa shape index (κ3) is 2.84. The highest BCUT2D eigenvalue weighted by atomic mass is 35.5. The van der Waals surface area contributed by atoms with Gasteiger partial charge in [0.2, 0.25) is 5.91 Å². The molecule has 5 heteroatoms. The number of carbonyl (C=O) groups excluding carboxylic acids is 2. The first-order valence-corrected chi connectivity index (χ1v) is 9.03. The summed E-state index contributed by atoms with van der Waals surface area (Å²) in [4.78, 5) is 27.3. The van der Waals surface area contributed by atoms with Crippen molar-refractivity contribution < 1.29 is 14.0 Å². The van der Waals surface area contributed by atoms with Crippen molar-refractivity contribution in [2.75, 3.05) is 4.90 Å². The molecule has 0 spiro atoms. The zero-order chi connectivity index (χ0) is 18.3. The molecule has 1 heterocycles. The zero-order valence-corrected chi connectivity index (χ0v) is 14.8. The summed E-state index contributed by atoms with van der Waals surface area (Å²) < 4.78 is 13.7. The molecule has 132 valence electrons. The Morgan fingerprint density at radius 3 is 2.62 bits per heavy atom. The number of ketones is 1. The Bertz CT molecular complexity index is 937. The molecular weight excluding hydrogens is 353 g/mol. The molecule has 1 amide bonds. The predicted octanol–water partition coefficient (Wildman–Crippen LogP) is 5.01. The molecular formula is C21H17ClFNO2. The smallest absolute Gasteiger partial charge is 0.232 e. The molecule has 0 N–H and O–H groups in total. The summed E-state index contributed by atoms with van der Waals surface area (Å²) in [5.41, 5.74) is 2.60. The van der Waals surface area contributed by atoms with E-state index < -0.39 is 5.92 Å². The maximum absolute atomic E-state index is 13.7. The molecule has 0 fully saturated rings. The SMILES string of the molecule is O=C1CCCC2=C1C(c1cccc(F)c1)CC(=O)N2c1ccccc1Cl. The highest BCUT2D eigenvalue weighted by Gasteiger charge is 2.40. The first-order valence-electron chi connectivity index (χ1n) is 8.65. The van der Waals surface area contributed by atoms with Crippen molar-refractivity contribution in [2.45, 2.75) is 31.6 Å². The Morgan fingerprint density at radius 1 is 1.04 bits per heavy atom. The summed E-state index contributed by atoms with van der Waals surface area (Å²) >= 11 is 6.31.